The lowest BCUT2D eigenvalue weighted by atomic mass is 9.76. The molecule has 1 aromatic carbocycles. The fourth-order valence-electron chi connectivity index (χ4n) is 2.48. The molecule has 90 valence electrons. The summed E-state index contributed by atoms with van der Waals surface area (Å²) in [6.45, 7) is 0.136. The standard InChI is InChI=1S/C13H16N2O2/c1-15-11-6-8(9-4-10(14)5-9)2-3-12(11)17-7-13(15)16/h2-3,6,9-10H,4-5,7,14H2,1H3. The van der Waals surface area contributed by atoms with Gasteiger partial charge in [-0.05, 0) is 36.5 Å². The molecule has 2 N–H and O–H groups in total. The summed E-state index contributed by atoms with van der Waals surface area (Å²) in [6, 6.07) is 6.44. The van der Waals surface area contributed by atoms with E-state index in [4.69, 9.17) is 10.5 Å². The molecule has 1 fully saturated rings. The van der Waals surface area contributed by atoms with Gasteiger partial charge >= 0.3 is 0 Å². The van der Waals surface area contributed by atoms with Gasteiger partial charge in [-0.25, -0.2) is 0 Å². The van der Waals surface area contributed by atoms with Crippen molar-refractivity contribution in [1.82, 2.24) is 0 Å². The second-order valence-electron chi connectivity index (χ2n) is 4.90. The van der Waals surface area contributed by atoms with E-state index in [1.54, 1.807) is 11.9 Å². The number of likely N-dealkylation sites (N-methyl/N-ethyl adjacent to an activating group) is 1. The number of nitrogens with two attached hydrogens (primary N) is 1. The van der Waals surface area contributed by atoms with Crippen molar-refractivity contribution in [3.63, 3.8) is 0 Å². The number of fused-ring (bicyclic) bond motifs is 1. The van der Waals surface area contributed by atoms with Crippen LogP contribution in [0.5, 0.6) is 5.75 Å². The van der Waals surface area contributed by atoms with Crippen LogP contribution in [0.1, 0.15) is 24.3 Å². The Hall–Kier alpha value is -1.55. The minimum atomic E-state index is -0.0000363. The first-order valence-corrected chi connectivity index (χ1v) is 5.94. The van der Waals surface area contributed by atoms with Crippen molar-refractivity contribution in [2.24, 2.45) is 5.73 Å². The number of hydrogen-bond acceptors (Lipinski definition) is 3. The molecule has 1 aliphatic heterocycles. The Kier molecular flexibility index (Phi) is 2.33. The fourth-order valence-corrected chi connectivity index (χ4v) is 2.48. The van der Waals surface area contributed by atoms with Gasteiger partial charge in [0.1, 0.15) is 5.75 Å². The molecule has 0 bridgehead atoms. The van der Waals surface area contributed by atoms with Crippen LogP contribution in [-0.4, -0.2) is 25.6 Å². The maximum absolute atomic E-state index is 11.6. The van der Waals surface area contributed by atoms with Gasteiger partial charge in [-0.2, -0.15) is 0 Å². The number of amides is 1. The van der Waals surface area contributed by atoms with E-state index in [1.807, 2.05) is 6.07 Å². The van der Waals surface area contributed by atoms with Gasteiger partial charge in [0.05, 0.1) is 5.69 Å². The molecule has 1 aromatic rings. The van der Waals surface area contributed by atoms with E-state index >= 15 is 0 Å². The topological polar surface area (TPSA) is 55.6 Å². The second kappa shape index (κ2) is 3.74. The van der Waals surface area contributed by atoms with Gasteiger partial charge in [-0.1, -0.05) is 6.07 Å². The Balaban J connectivity index is 1.92. The molecule has 1 aliphatic carbocycles. The molecule has 3 rings (SSSR count). The first kappa shape index (κ1) is 10.6. The molecular formula is C13H16N2O2. The van der Waals surface area contributed by atoms with Crippen LogP contribution >= 0.6 is 0 Å². The first-order valence-electron chi connectivity index (χ1n) is 5.94. The van der Waals surface area contributed by atoms with E-state index in [9.17, 15) is 4.79 Å². The van der Waals surface area contributed by atoms with Crippen molar-refractivity contribution in [3.05, 3.63) is 23.8 Å². The van der Waals surface area contributed by atoms with Crippen molar-refractivity contribution in [3.8, 4) is 5.75 Å². The molecule has 0 spiro atoms. The molecular weight excluding hydrogens is 216 g/mol. The molecule has 4 nitrogen and oxygen atoms in total. The van der Waals surface area contributed by atoms with Crippen LogP contribution in [0.4, 0.5) is 5.69 Å². The van der Waals surface area contributed by atoms with Gasteiger partial charge in [0.2, 0.25) is 0 Å². The molecule has 1 amide bonds. The Morgan fingerprint density at radius 1 is 1.41 bits per heavy atom. The predicted octanol–water partition coefficient (Wildman–Crippen LogP) is 1.25. The van der Waals surface area contributed by atoms with Gasteiger partial charge in [0.15, 0.2) is 6.61 Å². The lowest BCUT2D eigenvalue weighted by Crippen LogP contribution is -2.36. The Morgan fingerprint density at radius 3 is 2.88 bits per heavy atom. The summed E-state index contributed by atoms with van der Waals surface area (Å²) in [6.07, 6.45) is 2.08. The highest BCUT2D eigenvalue weighted by Gasteiger charge is 2.29. The number of carbonyl (C=O) groups is 1. The van der Waals surface area contributed by atoms with Crippen LogP contribution in [0.15, 0.2) is 18.2 Å². The van der Waals surface area contributed by atoms with E-state index in [0.29, 0.717) is 12.0 Å². The molecule has 0 saturated heterocycles. The molecule has 1 saturated carbocycles. The molecule has 4 heteroatoms. The van der Waals surface area contributed by atoms with Crippen molar-refractivity contribution in [1.29, 1.82) is 0 Å². The maximum Gasteiger partial charge on any atom is 0.264 e. The zero-order chi connectivity index (χ0) is 12.0. The van der Waals surface area contributed by atoms with Crippen LogP contribution in [-0.2, 0) is 4.79 Å². The molecule has 0 radical (unpaired) electrons. The van der Waals surface area contributed by atoms with Crippen LogP contribution in [0, 0.1) is 0 Å². The molecule has 0 aromatic heterocycles. The summed E-state index contributed by atoms with van der Waals surface area (Å²) >= 11 is 0. The third-order valence-corrected chi connectivity index (χ3v) is 3.72. The quantitative estimate of drug-likeness (QED) is 0.792. The van der Waals surface area contributed by atoms with Crippen molar-refractivity contribution < 1.29 is 9.53 Å². The van der Waals surface area contributed by atoms with E-state index in [-0.39, 0.29) is 12.5 Å². The first-order chi connectivity index (χ1) is 8.15. The van der Waals surface area contributed by atoms with Crippen molar-refractivity contribution in [2.75, 3.05) is 18.6 Å². The highest BCUT2D eigenvalue weighted by Crippen LogP contribution is 2.40. The summed E-state index contributed by atoms with van der Waals surface area (Å²) in [4.78, 5) is 13.2. The largest absolute Gasteiger partial charge is 0.482 e. The Labute approximate surface area is 100 Å². The van der Waals surface area contributed by atoms with Gasteiger partial charge in [-0.15, -0.1) is 0 Å². The summed E-state index contributed by atoms with van der Waals surface area (Å²) in [5, 5.41) is 0. The second-order valence-corrected chi connectivity index (χ2v) is 4.90. The minimum absolute atomic E-state index is 0.0000363. The maximum atomic E-state index is 11.6. The molecule has 1 heterocycles. The minimum Gasteiger partial charge on any atom is -0.482 e. The average molecular weight is 232 g/mol. The Morgan fingerprint density at radius 2 is 2.18 bits per heavy atom. The Bertz CT molecular complexity index is 466. The summed E-state index contributed by atoms with van der Waals surface area (Å²) < 4.78 is 5.40. The van der Waals surface area contributed by atoms with Crippen LogP contribution < -0.4 is 15.4 Å². The molecule has 2 aliphatic rings. The lowest BCUT2D eigenvalue weighted by Gasteiger charge is -2.34. The zero-order valence-corrected chi connectivity index (χ0v) is 9.85. The normalized spacial score (nSPS) is 27.2. The smallest absolute Gasteiger partial charge is 0.264 e. The summed E-state index contributed by atoms with van der Waals surface area (Å²) in [5.41, 5.74) is 7.94. The van der Waals surface area contributed by atoms with E-state index in [2.05, 4.69) is 12.1 Å². The number of hydrogen-bond donors (Lipinski definition) is 1. The fraction of sp³-hybridized carbons (Fsp3) is 0.462. The summed E-state index contributed by atoms with van der Waals surface area (Å²) in [5.74, 6) is 1.33. The SMILES string of the molecule is CN1C(=O)COc2ccc(C3CC(N)C3)cc21. The van der Waals surface area contributed by atoms with Crippen LogP contribution in [0.2, 0.25) is 0 Å². The van der Waals surface area contributed by atoms with E-state index in [0.717, 1.165) is 24.3 Å². The third-order valence-electron chi connectivity index (χ3n) is 3.72. The van der Waals surface area contributed by atoms with Gasteiger partial charge in [0.25, 0.3) is 5.91 Å². The highest BCUT2D eigenvalue weighted by molar-refractivity contribution is 5.97. The van der Waals surface area contributed by atoms with Crippen molar-refractivity contribution in [2.45, 2.75) is 24.8 Å². The predicted molar refractivity (Wildman–Crippen MR) is 65.3 cm³/mol. The number of rotatable bonds is 1. The third kappa shape index (κ3) is 1.69. The average Bonchev–Trinajstić information content (AvgIpc) is 2.30. The molecule has 17 heavy (non-hydrogen) atoms. The van der Waals surface area contributed by atoms with Gasteiger partial charge < -0.3 is 15.4 Å². The number of ether oxygens (including phenoxy) is 1. The lowest BCUT2D eigenvalue weighted by molar-refractivity contribution is -0.120. The monoisotopic (exact) mass is 232 g/mol. The highest BCUT2D eigenvalue weighted by atomic mass is 16.5. The number of anilines is 1. The summed E-state index contributed by atoms with van der Waals surface area (Å²) in [7, 11) is 1.79. The van der Waals surface area contributed by atoms with E-state index in [1.165, 1.54) is 5.56 Å². The van der Waals surface area contributed by atoms with Gasteiger partial charge in [-0.3, -0.25) is 4.79 Å². The van der Waals surface area contributed by atoms with Crippen LogP contribution in [0.3, 0.4) is 0 Å². The number of benzene rings is 1. The van der Waals surface area contributed by atoms with E-state index < -0.39 is 0 Å². The number of nitrogens with zero attached hydrogens (tertiary/aromatic N) is 1. The molecule has 0 atom stereocenters. The van der Waals surface area contributed by atoms with Crippen LogP contribution in [0.25, 0.3) is 0 Å². The zero-order valence-electron chi connectivity index (χ0n) is 9.85. The van der Waals surface area contributed by atoms with Gasteiger partial charge in [0, 0.05) is 13.1 Å². The molecule has 0 unspecified atom stereocenters. The van der Waals surface area contributed by atoms with Crippen molar-refractivity contribution >= 4 is 11.6 Å². The number of carbonyl (C=O) groups excluding carboxylic acids is 1.